The molecule has 0 radical (unpaired) electrons. The molecule has 4 aromatic rings. The fourth-order valence-electron chi connectivity index (χ4n) is 4.77. The summed E-state index contributed by atoms with van der Waals surface area (Å²) < 4.78 is 29.1. The molecule has 1 N–H and O–H groups in total. The standard InChI is InChI=1S/C33H35N3O4S/c1-25-14-10-12-18-28(25)23-35(31(33(38)34-3)22-27-16-6-4-7-17-27)32(37)24-36(30-21-13-11-15-26(30)2)41(39,40)29-19-8-5-9-20-29/h4-21,31H,22-24H2,1-3H3,(H,34,38)/t31-/m0/s1. The van der Waals surface area contributed by atoms with E-state index in [1.807, 2.05) is 67.6 Å². The highest BCUT2D eigenvalue weighted by molar-refractivity contribution is 7.92. The number of nitrogens with zero attached hydrogens (tertiary/aromatic N) is 2. The summed E-state index contributed by atoms with van der Waals surface area (Å²) >= 11 is 0. The van der Waals surface area contributed by atoms with E-state index in [9.17, 15) is 18.0 Å². The van der Waals surface area contributed by atoms with Gasteiger partial charge in [-0.2, -0.15) is 0 Å². The van der Waals surface area contributed by atoms with Gasteiger partial charge in [0.25, 0.3) is 10.0 Å². The number of nitrogens with one attached hydrogen (secondary N) is 1. The number of rotatable bonds is 11. The van der Waals surface area contributed by atoms with Gasteiger partial charge in [-0.25, -0.2) is 8.42 Å². The summed E-state index contributed by atoms with van der Waals surface area (Å²) in [5, 5.41) is 2.71. The zero-order valence-electron chi connectivity index (χ0n) is 23.5. The molecule has 0 spiro atoms. The number of para-hydroxylation sites is 1. The van der Waals surface area contributed by atoms with Crippen molar-refractivity contribution in [1.29, 1.82) is 0 Å². The summed E-state index contributed by atoms with van der Waals surface area (Å²) in [7, 11) is -2.57. The van der Waals surface area contributed by atoms with Crippen LogP contribution in [0.15, 0.2) is 114 Å². The number of likely N-dealkylation sites (N-methyl/N-ethyl adjacent to an activating group) is 1. The number of hydrogen-bond acceptors (Lipinski definition) is 4. The molecule has 4 aromatic carbocycles. The lowest BCUT2D eigenvalue weighted by atomic mass is 10.0. The van der Waals surface area contributed by atoms with Crippen molar-refractivity contribution in [2.75, 3.05) is 17.9 Å². The van der Waals surface area contributed by atoms with Crippen molar-refractivity contribution in [2.45, 2.75) is 37.8 Å². The number of benzene rings is 4. The van der Waals surface area contributed by atoms with E-state index in [1.54, 1.807) is 43.3 Å². The van der Waals surface area contributed by atoms with Crippen LogP contribution in [0.1, 0.15) is 22.3 Å². The summed E-state index contributed by atoms with van der Waals surface area (Å²) in [4.78, 5) is 29.2. The Bertz CT molecular complexity index is 1590. The third kappa shape index (κ3) is 7.02. The summed E-state index contributed by atoms with van der Waals surface area (Å²) in [6.45, 7) is 3.42. The van der Waals surface area contributed by atoms with Crippen LogP contribution in [0.5, 0.6) is 0 Å². The molecule has 0 fully saturated rings. The number of carbonyl (C=O) groups is 2. The first-order chi connectivity index (χ1) is 19.7. The molecule has 0 aliphatic carbocycles. The number of aryl methyl sites for hydroxylation is 2. The highest BCUT2D eigenvalue weighted by atomic mass is 32.2. The highest BCUT2D eigenvalue weighted by Crippen LogP contribution is 2.27. The van der Waals surface area contributed by atoms with Crippen molar-refractivity contribution in [3.8, 4) is 0 Å². The SMILES string of the molecule is CNC(=O)[C@H](Cc1ccccc1)N(Cc1ccccc1C)C(=O)CN(c1ccccc1C)S(=O)(=O)c1ccccc1. The third-order valence-electron chi connectivity index (χ3n) is 7.11. The molecule has 0 heterocycles. The summed E-state index contributed by atoms with van der Waals surface area (Å²) in [5.41, 5.74) is 3.83. The molecule has 4 rings (SSSR count). The fourth-order valence-corrected chi connectivity index (χ4v) is 6.27. The Morgan fingerprint density at radius 1 is 0.756 bits per heavy atom. The molecule has 8 heteroatoms. The molecule has 0 aliphatic rings. The minimum atomic E-state index is -4.11. The Labute approximate surface area is 242 Å². The maximum atomic E-state index is 14.3. The molecule has 0 saturated carbocycles. The molecule has 0 aliphatic heterocycles. The lowest BCUT2D eigenvalue weighted by Crippen LogP contribution is -2.53. The molecule has 1 atom stereocenters. The molecule has 212 valence electrons. The molecule has 0 unspecified atom stereocenters. The smallest absolute Gasteiger partial charge is 0.264 e. The maximum absolute atomic E-state index is 14.3. The molecular weight excluding hydrogens is 534 g/mol. The van der Waals surface area contributed by atoms with E-state index in [0.717, 1.165) is 21.0 Å². The molecule has 2 amide bonds. The number of carbonyl (C=O) groups excluding carboxylic acids is 2. The van der Waals surface area contributed by atoms with Crippen LogP contribution in [0.25, 0.3) is 0 Å². The van der Waals surface area contributed by atoms with Crippen molar-refractivity contribution in [1.82, 2.24) is 10.2 Å². The van der Waals surface area contributed by atoms with Gasteiger partial charge in [0.15, 0.2) is 0 Å². The van der Waals surface area contributed by atoms with Crippen molar-refractivity contribution in [3.63, 3.8) is 0 Å². The summed E-state index contributed by atoms with van der Waals surface area (Å²) in [6, 6.07) is 31.4. The molecular formula is C33H35N3O4S. The Morgan fingerprint density at radius 2 is 1.32 bits per heavy atom. The van der Waals surface area contributed by atoms with Crippen molar-refractivity contribution < 1.29 is 18.0 Å². The Morgan fingerprint density at radius 3 is 1.93 bits per heavy atom. The largest absolute Gasteiger partial charge is 0.357 e. The van der Waals surface area contributed by atoms with E-state index in [-0.39, 0.29) is 23.8 Å². The number of amides is 2. The monoisotopic (exact) mass is 569 g/mol. The van der Waals surface area contributed by atoms with Gasteiger partial charge in [-0.05, 0) is 54.3 Å². The first kappa shape index (κ1) is 29.6. The Hall–Kier alpha value is -4.43. The minimum absolute atomic E-state index is 0.0774. The van der Waals surface area contributed by atoms with Crippen LogP contribution in [0.4, 0.5) is 5.69 Å². The lowest BCUT2D eigenvalue weighted by Gasteiger charge is -2.34. The molecule has 7 nitrogen and oxygen atoms in total. The fraction of sp³-hybridized carbons (Fsp3) is 0.212. The second-order valence-corrected chi connectivity index (χ2v) is 11.7. The molecule has 0 aromatic heterocycles. The maximum Gasteiger partial charge on any atom is 0.264 e. The lowest BCUT2D eigenvalue weighted by molar-refractivity contribution is -0.139. The number of sulfonamides is 1. The summed E-state index contributed by atoms with van der Waals surface area (Å²) in [6.07, 6.45) is 0.272. The van der Waals surface area contributed by atoms with Crippen LogP contribution in [0.2, 0.25) is 0 Å². The van der Waals surface area contributed by atoms with Gasteiger partial charge < -0.3 is 10.2 Å². The predicted octanol–water partition coefficient (Wildman–Crippen LogP) is 4.88. The van der Waals surface area contributed by atoms with Crippen LogP contribution in [-0.4, -0.2) is 44.8 Å². The van der Waals surface area contributed by atoms with E-state index in [2.05, 4.69) is 5.32 Å². The van der Waals surface area contributed by atoms with Crippen LogP contribution in [-0.2, 0) is 32.6 Å². The number of anilines is 1. The third-order valence-corrected chi connectivity index (χ3v) is 8.89. The van der Waals surface area contributed by atoms with Crippen LogP contribution >= 0.6 is 0 Å². The second-order valence-electron chi connectivity index (χ2n) is 9.88. The van der Waals surface area contributed by atoms with Crippen molar-refractivity contribution in [2.24, 2.45) is 0 Å². The van der Waals surface area contributed by atoms with Crippen LogP contribution in [0, 0.1) is 13.8 Å². The molecule has 41 heavy (non-hydrogen) atoms. The van der Waals surface area contributed by atoms with Gasteiger partial charge in [-0.15, -0.1) is 0 Å². The number of hydrogen-bond donors (Lipinski definition) is 1. The Balaban J connectivity index is 1.80. The molecule has 0 bridgehead atoms. The van der Waals surface area contributed by atoms with E-state index in [0.29, 0.717) is 11.3 Å². The first-order valence-electron chi connectivity index (χ1n) is 13.4. The second kappa shape index (κ2) is 13.3. The van der Waals surface area contributed by atoms with Gasteiger partial charge in [0.2, 0.25) is 11.8 Å². The van der Waals surface area contributed by atoms with Crippen LogP contribution < -0.4 is 9.62 Å². The molecule has 0 saturated heterocycles. The van der Waals surface area contributed by atoms with E-state index < -0.39 is 28.5 Å². The topological polar surface area (TPSA) is 86.8 Å². The van der Waals surface area contributed by atoms with Crippen molar-refractivity contribution in [3.05, 3.63) is 131 Å². The van der Waals surface area contributed by atoms with Gasteiger partial charge in [-0.3, -0.25) is 13.9 Å². The van der Waals surface area contributed by atoms with Gasteiger partial charge in [0.1, 0.15) is 12.6 Å². The summed E-state index contributed by atoms with van der Waals surface area (Å²) in [5.74, 6) is -0.815. The zero-order valence-corrected chi connectivity index (χ0v) is 24.3. The van der Waals surface area contributed by atoms with Crippen molar-refractivity contribution >= 4 is 27.5 Å². The van der Waals surface area contributed by atoms with Gasteiger partial charge in [0, 0.05) is 20.0 Å². The Kier molecular flexibility index (Phi) is 9.57. The average molecular weight is 570 g/mol. The van der Waals surface area contributed by atoms with E-state index in [1.165, 1.54) is 24.1 Å². The quantitative estimate of drug-likeness (QED) is 0.279. The van der Waals surface area contributed by atoms with E-state index >= 15 is 0 Å². The van der Waals surface area contributed by atoms with E-state index in [4.69, 9.17) is 0 Å². The zero-order chi connectivity index (χ0) is 29.4. The minimum Gasteiger partial charge on any atom is -0.357 e. The average Bonchev–Trinajstić information content (AvgIpc) is 2.99. The highest BCUT2D eigenvalue weighted by Gasteiger charge is 2.34. The van der Waals surface area contributed by atoms with Gasteiger partial charge >= 0.3 is 0 Å². The first-order valence-corrected chi connectivity index (χ1v) is 14.9. The van der Waals surface area contributed by atoms with Crippen LogP contribution in [0.3, 0.4) is 0 Å². The normalized spacial score (nSPS) is 11.9. The van der Waals surface area contributed by atoms with Gasteiger partial charge in [0.05, 0.1) is 10.6 Å². The van der Waals surface area contributed by atoms with Gasteiger partial charge in [-0.1, -0.05) is 91.0 Å². The predicted molar refractivity (Wildman–Crippen MR) is 162 cm³/mol.